The molecule has 1 aromatic carbocycles. The topological polar surface area (TPSA) is 31.2 Å². The zero-order chi connectivity index (χ0) is 14.7. The Kier molecular flexibility index (Phi) is 4.44. The molecular weight excluding hydrogens is 330 g/mol. The van der Waals surface area contributed by atoms with Crippen LogP contribution in [0.2, 0.25) is 0 Å². The molecule has 1 heterocycles. The Morgan fingerprint density at radius 3 is 2.67 bits per heavy atom. The van der Waals surface area contributed by atoms with Crippen molar-refractivity contribution in [2.45, 2.75) is 32.2 Å². The Balaban J connectivity index is 1.60. The fraction of sp³-hybridized carbons (Fsp3) is 0.353. The average molecular weight is 348 g/mol. The molecule has 0 saturated carbocycles. The average Bonchev–Trinajstić information content (AvgIpc) is 2.81. The summed E-state index contributed by atoms with van der Waals surface area (Å²) in [4.78, 5) is 12.0. The molecule has 1 aliphatic rings. The maximum absolute atomic E-state index is 12.0. The van der Waals surface area contributed by atoms with E-state index in [-0.39, 0.29) is 5.78 Å². The number of carbonyl (C=O) groups is 1. The van der Waals surface area contributed by atoms with Crippen molar-refractivity contribution in [1.29, 1.82) is 0 Å². The molecule has 2 aromatic rings. The van der Waals surface area contributed by atoms with Gasteiger partial charge in [-0.05, 0) is 49.1 Å². The highest BCUT2D eigenvalue weighted by Gasteiger charge is 2.17. The van der Waals surface area contributed by atoms with E-state index in [4.69, 9.17) is 4.74 Å². The minimum atomic E-state index is 0.287. The number of aryl methyl sites for hydroxylation is 1. The number of aromatic nitrogens is 1. The predicted molar refractivity (Wildman–Crippen MR) is 86.0 cm³/mol. The van der Waals surface area contributed by atoms with Gasteiger partial charge in [-0.3, -0.25) is 4.79 Å². The van der Waals surface area contributed by atoms with Crippen LogP contribution in [0, 0.1) is 0 Å². The molecule has 1 aromatic heterocycles. The van der Waals surface area contributed by atoms with Gasteiger partial charge >= 0.3 is 0 Å². The summed E-state index contributed by atoms with van der Waals surface area (Å²) in [5.74, 6) is 1.15. The number of halogens is 1. The van der Waals surface area contributed by atoms with Crippen LogP contribution in [0.1, 0.15) is 35.2 Å². The lowest BCUT2D eigenvalue weighted by molar-refractivity contribution is 0.0982. The van der Waals surface area contributed by atoms with Crippen LogP contribution < -0.4 is 4.74 Å². The number of ketones is 1. The second-order valence-corrected chi connectivity index (χ2v) is 6.28. The molecule has 0 atom stereocenters. The third-order valence-electron chi connectivity index (χ3n) is 3.79. The van der Waals surface area contributed by atoms with Crippen LogP contribution in [0.3, 0.4) is 0 Å². The summed E-state index contributed by atoms with van der Waals surface area (Å²) < 4.78 is 8.84. The van der Waals surface area contributed by atoms with Gasteiger partial charge in [0.1, 0.15) is 12.4 Å². The van der Waals surface area contributed by atoms with Gasteiger partial charge in [0.15, 0.2) is 5.78 Å². The fourth-order valence-electron chi connectivity index (χ4n) is 2.67. The van der Waals surface area contributed by atoms with Crippen molar-refractivity contribution in [2.24, 2.45) is 0 Å². The molecule has 0 amide bonds. The minimum absolute atomic E-state index is 0.287. The highest BCUT2D eigenvalue weighted by molar-refractivity contribution is 9.10. The zero-order valence-electron chi connectivity index (χ0n) is 11.8. The van der Waals surface area contributed by atoms with E-state index in [1.165, 1.54) is 5.56 Å². The summed E-state index contributed by atoms with van der Waals surface area (Å²) in [6, 6.07) is 7.81. The SMILES string of the molecule is O=C1CCCCc2cn(CCOc3ccc(Br)cc3)cc21. The molecule has 110 valence electrons. The molecule has 0 saturated heterocycles. The van der Waals surface area contributed by atoms with Gasteiger partial charge in [0.25, 0.3) is 0 Å². The van der Waals surface area contributed by atoms with Crippen molar-refractivity contribution in [3.63, 3.8) is 0 Å². The molecule has 4 heteroatoms. The number of benzene rings is 1. The monoisotopic (exact) mass is 347 g/mol. The van der Waals surface area contributed by atoms with Gasteiger partial charge in [-0.2, -0.15) is 0 Å². The molecule has 21 heavy (non-hydrogen) atoms. The smallest absolute Gasteiger partial charge is 0.164 e. The molecule has 0 aliphatic heterocycles. The van der Waals surface area contributed by atoms with E-state index in [1.807, 2.05) is 30.5 Å². The van der Waals surface area contributed by atoms with E-state index in [9.17, 15) is 4.79 Å². The summed E-state index contributed by atoms with van der Waals surface area (Å²) >= 11 is 3.40. The lowest BCUT2D eigenvalue weighted by atomic mass is 10.1. The molecule has 0 radical (unpaired) electrons. The molecule has 3 nitrogen and oxygen atoms in total. The van der Waals surface area contributed by atoms with Crippen molar-refractivity contribution < 1.29 is 9.53 Å². The first-order valence-electron chi connectivity index (χ1n) is 7.32. The lowest BCUT2D eigenvalue weighted by Gasteiger charge is -2.07. The van der Waals surface area contributed by atoms with Crippen molar-refractivity contribution >= 4 is 21.7 Å². The summed E-state index contributed by atoms with van der Waals surface area (Å²) in [7, 11) is 0. The van der Waals surface area contributed by atoms with Crippen LogP contribution in [-0.2, 0) is 13.0 Å². The van der Waals surface area contributed by atoms with E-state index in [0.29, 0.717) is 13.0 Å². The van der Waals surface area contributed by atoms with Gasteiger partial charge in [0, 0.05) is 28.9 Å². The molecule has 0 fully saturated rings. The minimum Gasteiger partial charge on any atom is -0.492 e. The molecule has 3 rings (SSSR count). The Morgan fingerprint density at radius 1 is 1.10 bits per heavy atom. The van der Waals surface area contributed by atoms with Gasteiger partial charge < -0.3 is 9.30 Å². The van der Waals surface area contributed by atoms with Crippen LogP contribution in [0.25, 0.3) is 0 Å². The van der Waals surface area contributed by atoms with Crippen LogP contribution in [0.15, 0.2) is 41.1 Å². The lowest BCUT2D eigenvalue weighted by Crippen LogP contribution is -2.06. The zero-order valence-corrected chi connectivity index (χ0v) is 13.4. The Morgan fingerprint density at radius 2 is 1.86 bits per heavy atom. The number of carbonyl (C=O) groups excluding carboxylic acids is 1. The van der Waals surface area contributed by atoms with E-state index in [0.717, 1.165) is 41.6 Å². The predicted octanol–water partition coefficient (Wildman–Crippen LogP) is 4.24. The molecule has 0 bridgehead atoms. The maximum atomic E-state index is 12.0. The van der Waals surface area contributed by atoms with Gasteiger partial charge in [-0.15, -0.1) is 0 Å². The largest absolute Gasteiger partial charge is 0.492 e. The number of nitrogens with zero attached hydrogens (tertiary/aromatic N) is 1. The third kappa shape index (κ3) is 3.56. The number of rotatable bonds is 4. The van der Waals surface area contributed by atoms with Crippen molar-refractivity contribution in [3.8, 4) is 5.75 Å². The first-order chi connectivity index (χ1) is 10.2. The van der Waals surface area contributed by atoms with Gasteiger partial charge in [0.05, 0.1) is 6.54 Å². The Bertz CT molecular complexity index is 631. The second kappa shape index (κ2) is 6.48. The molecule has 0 spiro atoms. The van der Waals surface area contributed by atoms with Gasteiger partial charge in [-0.25, -0.2) is 0 Å². The van der Waals surface area contributed by atoms with Crippen molar-refractivity contribution in [3.05, 3.63) is 52.3 Å². The van der Waals surface area contributed by atoms with Crippen molar-refractivity contribution in [2.75, 3.05) is 6.61 Å². The van der Waals surface area contributed by atoms with Crippen molar-refractivity contribution in [1.82, 2.24) is 4.57 Å². The van der Waals surface area contributed by atoms with E-state index < -0.39 is 0 Å². The van der Waals surface area contributed by atoms with E-state index in [2.05, 4.69) is 26.7 Å². The van der Waals surface area contributed by atoms with Crippen LogP contribution in [0.5, 0.6) is 5.75 Å². The van der Waals surface area contributed by atoms with Crippen LogP contribution in [-0.4, -0.2) is 17.0 Å². The van der Waals surface area contributed by atoms with E-state index >= 15 is 0 Å². The second-order valence-electron chi connectivity index (χ2n) is 5.37. The standard InChI is InChI=1S/C17H18BrNO2/c18-14-5-7-15(8-6-14)21-10-9-19-11-13-3-1-2-4-17(20)16(13)12-19/h5-8,11-12H,1-4,9-10H2. The summed E-state index contributed by atoms with van der Waals surface area (Å²) in [6.07, 6.45) is 7.91. The highest BCUT2D eigenvalue weighted by atomic mass is 79.9. The van der Waals surface area contributed by atoms with Crippen LogP contribution >= 0.6 is 15.9 Å². The molecule has 1 aliphatic carbocycles. The molecular formula is C17H18BrNO2. The first-order valence-corrected chi connectivity index (χ1v) is 8.12. The Hall–Kier alpha value is -1.55. The maximum Gasteiger partial charge on any atom is 0.164 e. The summed E-state index contributed by atoms with van der Waals surface area (Å²) in [6.45, 7) is 1.36. The quantitative estimate of drug-likeness (QED) is 0.774. The van der Waals surface area contributed by atoms with Gasteiger partial charge in [0.2, 0.25) is 0 Å². The number of hydrogen-bond donors (Lipinski definition) is 0. The summed E-state index contributed by atoms with van der Waals surface area (Å²) in [5, 5.41) is 0. The normalized spacial score (nSPS) is 14.6. The number of ether oxygens (including phenoxy) is 1. The molecule has 0 unspecified atom stereocenters. The molecule has 0 N–H and O–H groups in total. The number of Topliss-reactive ketones (excluding diaryl/α,β-unsaturated/α-hetero) is 1. The fourth-order valence-corrected chi connectivity index (χ4v) is 2.93. The van der Waals surface area contributed by atoms with Crippen LogP contribution in [0.4, 0.5) is 0 Å². The van der Waals surface area contributed by atoms with Gasteiger partial charge in [-0.1, -0.05) is 15.9 Å². The Labute approximate surface area is 133 Å². The third-order valence-corrected chi connectivity index (χ3v) is 4.32. The highest BCUT2D eigenvalue weighted by Crippen LogP contribution is 2.21. The number of hydrogen-bond acceptors (Lipinski definition) is 2. The van der Waals surface area contributed by atoms with E-state index in [1.54, 1.807) is 0 Å². The first kappa shape index (κ1) is 14.4. The summed E-state index contributed by atoms with van der Waals surface area (Å²) in [5.41, 5.74) is 2.11. The number of fused-ring (bicyclic) bond motifs is 1.